The third-order valence-corrected chi connectivity index (χ3v) is 29.5. The smallest absolute Gasteiger partial charge is 0.455 e. The van der Waals surface area contributed by atoms with Crippen molar-refractivity contribution in [2.75, 3.05) is 50.5 Å². The van der Waals surface area contributed by atoms with Crippen molar-refractivity contribution < 1.29 is 91.5 Å². The van der Waals surface area contributed by atoms with Crippen LogP contribution in [0.4, 0.5) is 5.69 Å². The molecule has 42 heteroatoms. The summed E-state index contributed by atoms with van der Waals surface area (Å²) < 4.78 is 23.8. The molecule has 0 spiro atoms. The van der Waals surface area contributed by atoms with Crippen LogP contribution in [0.3, 0.4) is 0 Å². The average Bonchev–Trinajstić information content (AvgIpc) is 1.25. The lowest BCUT2D eigenvalue weighted by Gasteiger charge is -2.30. The fourth-order valence-corrected chi connectivity index (χ4v) is 20.4. The fourth-order valence-electron chi connectivity index (χ4n) is 18.6. The number of hydrogen-bond donors (Lipinski definition) is 15. The minimum absolute atomic E-state index is 0.00122. The van der Waals surface area contributed by atoms with E-state index in [0.29, 0.717) is 129 Å². The highest BCUT2D eigenvalue weighted by Gasteiger charge is 2.43. The Morgan fingerprint density at radius 3 is 1.42 bits per heavy atom. The summed E-state index contributed by atoms with van der Waals surface area (Å²) in [5.74, 6) is -6.80. The minimum atomic E-state index is -2.55. The summed E-state index contributed by atoms with van der Waals surface area (Å²) in [7, 11) is -1.52. The molecule has 9 rings (SSSR count). The number of aliphatic carboxylic acids is 1. The van der Waals surface area contributed by atoms with E-state index in [1.807, 2.05) is 116 Å². The Morgan fingerprint density at radius 1 is 0.514 bits per heavy atom. The number of hydrogen-bond acceptors (Lipinski definition) is 25. The van der Waals surface area contributed by atoms with Gasteiger partial charge in [0.25, 0.3) is 5.91 Å². The number of thiocarbonyl (C=S) groups is 4. The summed E-state index contributed by atoms with van der Waals surface area (Å²) in [6.45, 7) is 27.6. The van der Waals surface area contributed by atoms with E-state index >= 15 is 0 Å². The van der Waals surface area contributed by atoms with Gasteiger partial charge in [-0.15, -0.1) is 0 Å². The van der Waals surface area contributed by atoms with Crippen molar-refractivity contribution in [3.8, 4) is 0 Å². The van der Waals surface area contributed by atoms with Gasteiger partial charge in [-0.05, 0) is 192 Å². The first kappa shape index (κ1) is 127. The fraction of sp³-hybridized carbons (Fsp3) is 0.575. The van der Waals surface area contributed by atoms with Gasteiger partial charge >= 0.3 is 26.9 Å². The first-order chi connectivity index (χ1) is 69.9. The number of nitrogens with two attached hydrogens (primary N) is 4. The van der Waals surface area contributed by atoms with Gasteiger partial charge in [-0.2, -0.15) is 0 Å². The van der Waals surface area contributed by atoms with Gasteiger partial charge in [0.15, 0.2) is 29.1 Å². The average molecular weight is 2140 g/mol. The van der Waals surface area contributed by atoms with E-state index in [1.54, 1.807) is 50.3 Å². The number of aliphatic imine (C=N–C) groups is 1. The van der Waals surface area contributed by atoms with Crippen molar-refractivity contribution in [2.45, 2.75) is 292 Å². The summed E-state index contributed by atoms with van der Waals surface area (Å²) in [6, 6.07) is 35.7. The zero-order valence-electron chi connectivity index (χ0n) is 88.2. The van der Waals surface area contributed by atoms with E-state index in [0.717, 1.165) is 65.4 Å². The van der Waals surface area contributed by atoms with Crippen LogP contribution in [-0.4, -0.2) is 271 Å². The van der Waals surface area contributed by atoms with E-state index in [4.69, 9.17) is 71.8 Å². The molecule has 0 bridgehead atoms. The predicted octanol–water partition coefficient (Wildman–Crippen LogP) is 9.92. The summed E-state index contributed by atoms with van der Waals surface area (Å²) in [4.78, 5) is 167. The van der Waals surface area contributed by atoms with Gasteiger partial charge in [0.2, 0.25) is 29.5 Å². The van der Waals surface area contributed by atoms with Crippen LogP contribution in [0.25, 0.3) is 10.8 Å². The molecule has 4 saturated heterocycles. The third kappa shape index (κ3) is 42.3. The molecular weight excluding hydrogens is 1980 g/mol. The van der Waals surface area contributed by atoms with Crippen molar-refractivity contribution in [1.29, 1.82) is 0 Å². The van der Waals surface area contributed by atoms with Gasteiger partial charge in [0.1, 0.15) is 5.78 Å². The Hall–Kier alpha value is -10.1. The number of nitrogens with zero attached hydrogens (tertiary/aromatic N) is 5. The molecule has 4 fully saturated rings. The number of ketones is 5. The summed E-state index contributed by atoms with van der Waals surface area (Å²) in [5.41, 5.74) is 25.1. The molecule has 0 radical (unpaired) electrons. The third-order valence-electron chi connectivity index (χ3n) is 27.4. The molecule has 6 amide bonds. The van der Waals surface area contributed by atoms with E-state index in [2.05, 4.69) is 84.8 Å². The van der Waals surface area contributed by atoms with Crippen LogP contribution in [0.5, 0.6) is 0 Å². The highest BCUT2D eigenvalue weighted by molar-refractivity contribution is 7.81. The first-order valence-electron chi connectivity index (χ1n) is 51.7. The molecule has 810 valence electrons. The number of carbonyl (C=O) groups is 12. The van der Waals surface area contributed by atoms with Crippen LogP contribution < -0.4 is 54.2 Å². The van der Waals surface area contributed by atoms with Crippen LogP contribution in [0.1, 0.15) is 237 Å². The zero-order chi connectivity index (χ0) is 110. The molecule has 4 heterocycles. The summed E-state index contributed by atoms with van der Waals surface area (Å²) in [5, 5.41) is 66.7. The number of nitrogens with one attached hydrogen (secondary N) is 6. The highest BCUT2D eigenvalue weighted by Crippen LogP contribution is 2.33. The minimum Gasteiger partial charge on any atom is -0.755 e. The highest BCUT2D eigenvalue weighted by atomic mass is 32.2. The number of Topliss-reactive ketones (excluding diaryl/α,β-unsaturated/α-hetero) is 5. The van der Waals surface area contributed by atoms with Gasteiger partial charge in [0, 0.05) is 139 Å². The van der Waals surface area contributed by atoms with Gasteiger partial charge < -0.3 is 104 Å². The molecule has 0 aliphatic carbocycles. The van der Waals surface area contributed by atoms with Crippen LogP contribution in [-0.2, 0) is 72.1 Å². The van der Waals surface area contributed by atoms with Crippen molar-refractivity contribution in [3.05, 3.63) is 150 Å². The molecule has 34 nitrogen and oxygen atoms in total. The van der Waals surface area contributed by atoms with Crippen molar-refractivity contribution >= 4 is 194 Å². The maximum atomic E-state index is 13.8. The summed E-state index contributed by atoms with van der Waals surface area (Å²) in [6.07, 6.45) is 9.04. The van der Waals surface area contributed by atoms with E-state index in [9.17, 15) is 91.5 Å². The molecule has 19 N–H and O–H groups in total. The number of carboxylic acids is 1. The van der Waals surface area contributed by atoms with Crippen molar-refractivity contribution in [3.63, 3.8) is 0 Å². The number of fused-ring (bicyclic) bond motifs is 1. The normalized spacial score (nSPS) is 17.7. The molecule has 9 unspecified atom stereocenters. The topological polar surface area (TPSA) is 548 Å². The Labute approximate surface area is 898 Å². The maximum Gasteiger partial charge on any atom is 0.455 e. The van der Waals surface area contributed by atoms with Crippen molar-refractivity contribution in [2.24, 2.45) is 81.2 Å². The van der Waals surface area contributed by atoms with E-state index in [1.165, 1.54) is 29.2 Å². The molecule has 148 heavy (non-hydrogen) atoms. The summed E-state index contributed by atoms with van der Waals surface area (Å²) >= 11 is 20.2. The largest absolute Gasteiger partial charge is 0.755 e. The standard InChI is InChI=1S/C35H47BN4O9S2.C34H42BN3O4S.C20H38BN5O4S.C17H31N3O2S/c1-22(2)16-31(36(3)47)38-35(50)26(17-23-8-5-4-6-9-23)19-30(42)28-10-7-15-40(28)32(43)21-37-34(46)25(20-33(44)45)18-29(41)24-11-13-27(14-12-24)39-51(48)49;1-23(2)19-31(35(3)42)37-34(43)26(20-24-11-5-4-6-12-24)21-30(39)29-17-10-18-38(29)32(40)22-36-33(41)28-16-9-14-25-13-7-8-15-27(25)28;1-12(2)18(22)16(27)10-13(3)19(28)26-9-5-7-15(26)17(31)11-14(21(29)30)6-4-8-25-20(23)24;1-10(2)13(5)19-16(23)14-7-6-8-20(14)17(22)11(3)9-15(21)12(4)18/h4-6,8-9,11-14,22,25-26,28,31,39,47H,7,10,15-21H2,1-3H3,(H,37,46)(H,38,50)(H,44,45)(H,48,49);4-9,11-16,23,26,29,31,42H,10,17-22H2,1-3H3,(H,36,41)(H,37,43);12-15,18,29-30H,4-11,22H2,1-3H3,(H4,23,24,25);10-14H,6-9,18H2,1-5H3,(H,19,23)/p-1/t25-,26+,28-,31-;26-,29+,31+;;/m01../s1. The molecule has 4 aliphatic heterocycles. The van der Waals surface area contributed by atoms with Gasteiger partial charge in [-0.3, -0.25) is 66.7 Å². The molecule has 4 aliphatic rings. The second-order valence-corrected chi connectivity index (χ2v) is 43.8. The molecule has 0 aromatic heterocycles. The van der Waals surface area contributed by atoms with Crippen LogP contribution in [0, 0.1) is 53.3 Å². The number of guanidine groups is 1. The SMILES string of the molecule is CB(O)[C@H](CC(C)C)NC(=S)[C@@H](CC(=O)[C@@H]1CCCN1C(=O)CNC(=O)[C@H](CC(=O)O)CC(=O)c1ccc(NS(=O)[O-])cc1)Cc1ccccc1.CB(O)[C@H](CC(C)C)NC(=S)[C@@H](CC(=O)[C@@H]1CCCN1C(=O)CNC(=O)c1cccc2ccccc12)Cc1ccccc1.CC(CC(=O)C(N)C(C)C)C(=O)N1CCCC1C(=S)CC(CCCN=C(N)N)B(O)O.CC(N)C(=O)CC(C)C(=O)N1CCCC1C(=S)NC(C)C(C)C. The molecular formula is C106H157B3N15O19S5-. The van der Waals surface area contributed by atoms with E-state index < -0.39 is 123 Å². The van der Waals surface area contributed by atoms with Crippen LogP contribution >= 0.6 is 48.9 Å². The van der Waals surface area contributed by atoms with E-state index in [-0.39, 0.29) is 144 Å². The maximum absolute atomic E-state index is 13.8. The van der Waals surface area contributed by atoms with Gasteiger partial charge in [-0.1, -0.05) is 229 Å². The second kappa shape index (κ2) is 63.9. The zero-order valence-corrected chi connectivity index (χ0v) is 92.2. The number of carboxylic acid groups (broad SMARTS) is 1. The second-order valence-electron chi connectivity index (χ2n) is 41.3. The van der Waals surface area contributed by atoms with Gasteiger partial charge in [-0.25, -0.2) is 0 Å². The lowest BCUT2D eigenvalue weighted by molar-refractivity contribution is -0.142. The Bertz CT molecular complexity index is 5300. The van der Waals surface area contributed by atoms with Gasteiger partial charge in [0.05, 0.1) is 76.6 Å². The number of rotatable bonds is 53. The predicted molar refractivity (Wildman–Crippen MR) is 599 cm³/mol. The van der Waals surface area contributed by atoms with Crippen molar-refractivity contribution in [1.82, 2.24) is 46.2 Å². The number of anilines is 1. The monoisotopic (exact) mass is 2140 g/mol. The molecule has 16 atom stereocenters. The lowest BCUT2D eigenvalue weighted by atomic mass is 9.61. The van der Waals surface area contributed by atoms with Crippen LogP contribution in [0.2, 0.25) is 19.5 Å². The first-order valence-corrected chi connectivity index (χ1v) is 54.4. The Balaban J connectivity index is 0.000000313. The molecule has 5 aromatic rings. The number of likely N-dealkylation sites (tertiary alicyclic amines) is 4. The lowest BCUT2D eigenvalue weighted by Crippen LogP contribution is -2.49. The number of amides is 6. The molecule has 0 saturated carbocycles. The Morgan fingerprint density at radius 2 is 0.966 bits per heavy atom. The molecule has 5 aromatic carbocycles. The number of carbonyl (C=O) groups excluding carboxylic acids is 11. The quantitative estimate of drug-likeness (QED) is 0.00327. The number of benzene rings is 5. The van der Waals surface area contributed by atoms with Crippen LogP contribution in [0.15, 0.2) is 132 Å². The Kier molecular flexibility index (Phi) is 54.6.